The molecular formula is C22H24ClF5N2O4. The molecule has 2 aromatic rings. The third-order valence-electron chi connectivity index (χ3n) is 5.93. The van der Waals surface area contributed by atoms with Gasteiger partial charge in [0.15, 0.2) is 5.69 Å². The van der Waals surface area contributed by atoms with E-state index in [9.17, 15) is 31.9 Å². The minimum absolute atomic E-state index is 0.0751. The Labute approximate surface area is 197 Å². The van der Waals surface area contributed by atoms with Crippen molar-refractivity contribution in [3.8, 4) is 17.0 Å². The van der Waals surface area contributed by atoms with E-state index in [1.165, 1.54) is 22.9 Å². The lowest BCUT2D eigenvalue weighted by Gasteiger charge is -2.37. The van der Waals surface area contributed by atoms with Crippen LogP contribution >= 0.6 is 11.6 Å². The standard InChI is InChI=1S/C22H24ClF5N2O4/c1-3-30-18(16(23)17(29-30)19(31)33-4-2)14-6-5-13(11-15(14)34-20(24)25)21(32)9-7-12(8-10-21)22(26,27)28/h5-6,11-12,20,32H,3-4,7-10H2,1-2H3. The van der Waals surface area contributed by atoms with Crippen LogP contribution in [0, 0.1) is 5.92 Å². The highest BCUT2D eigenvalue weighted by Gasteiger charge is 2.46. The van der Waals surface area contributed by atoms with Gasteiger partial charge in [-0.1, -0.05) is 17.7 Å². The molecule has 188 valence electrons. The van der Waals surface area contributed by atoms with Crippen LogP contribution in [-0.4, -0.2) is 40.3 Å². The second-order valence-corrected chi connectivity index (χ2v) is 8.36. The average Bonchev–Trinajstić information content (AvgIpc) is 3.09. The number of esters is 1. The van der Waals surface area contributed by atoms with Crippen molar-refractivity contribution in [1.82, 2.24) is 9.78 Å². The molecule has 1 aromatic heterocycles. The summed E-state index contributed by atoms with van der Waals surface area (Å²) >= 11 is 6.37. The highest BCUT2D eigenvalue weighted by molar-refractivity contribution is 6.36. The molecule has 0 amide bonds. The number of hydrogen-bond acceptors (Lipinski definition) is 5. The van der Waals surface area contributed by atoms with Crippen molar-refractivity contribution in [1.29, 1.82) is 0 Å². The van der Waals surface area contributed by atoms with Crippen molar-refractivity contribution < 1.29 is 41.3 Å². The molecule has 1 aliphatic rings. The SMILES string of the molecule is CCOC(=O)c1nn(CC)c(-c2ccc(C3(O)CCC(C(F)(F)F)CC3)cc2OC(F)F)c1Cl. The summed E-state index contributed by atoms with van der Waals surface area (Å²) in [6.45, 7) is 0.375. The molecule has 1 heterocycles. The number of nitrogens with zero attached hydrogens (tertiary/aromatic N) is 2. The predicted octanol–water partition coefficient (Wildman–Crippen LogP) is 5.94. The van der Waals surface area contributed by atoms with Gasteiger partial charge in [-0.2, -0.15) is 27.1 Å². The Bertz CT molecular complexity index is 1030. The molecule has 0 radical (unpaired) electrons. The lowest BCUT2D eigenvalue weighted by molar-refractivity contribution is -0.193. The highest BCUT2D eigenvalue weighted by atomic mass is 35.5. The predicted molar refractivity (Wildman–Crippen MR) is 113 cm³/mol. The van der Waals surface area contributed by atoms with Gasteiger partial charge in [0.25, 0.3) is 0 Å². The number of alkyl halides is 5. The number of benzene rings is 1. The first-order valence-electron chi connectivity index (χ1n) is 10.7. The van der Waals surface area contributed by atoms with Gasteiger partial charge in [0, 0.05) is 12.1 Å². The Hall–Kier alpha value is -2.40. The Morgan fingerprint density at radius 2 is 1.94 bits per heavy atom. The second-order valence-electron chi connectivity index (χ2n) is 7.98. The monoisotopic (exact) mass is 510 g/mol. The molecule has 1 fully saturated rings. The van der Waals surface area contributed by atoms with Crippen LogP contribution in [0.4, 0.5) is 22.0 Å². The van der Waals surface area contributed by atoms with Gasteiger partial charge in [0.1, 0.15) is 10.8 Å². The molecule has 0 spiro atoms. The number of hydrogen-bond donors (Lipinski definition) is 1. The van der Waals surface area contributed by atoms with Gasteiger partial charge in [0.05, 0.1) is 23.8 Å². The van der Waals surface area contributed by atoms with E-state index in [0.29, 0.717) is 0 Å². The molecule has 1 aliphatic carbocycles. The van der Waals surface area contributed by atoms with Crippen molar-refractivity contribution >= 4 is 17.6 Å². The van der Waals surface area contributed by atoms with Crippen LogP contribution in [0.3, 0.4) is 0 Å². The second kappa shape index (κ2) is 10.1. The summed E-state index contributed by atoms with van der Waals surface area (Å²) in [6, 6.07) is 3.96. The molecule has 0 unspecified atom stereocenters. The first kappa shape index (κ1) is 26.2. The van der Waals surface area contributed by atoms with Crippen molar-refractivity contribution in [3.63, 3.8) is 0 Å². The van der Waals surface area contributed by atoms with Crippen LogP contribution in [0.15, 0.2) is 18.2 Å². The number of ether oxygens (including phenoxy) is 2. The van der Waals surface area contributed by atoms with E-state index in [4.69, 9.17) is 16.3 Å². The van der Waals surface area contributed by atoms with Gasteiger partial charge in [-0.15, -0.1) is 0 Å². The maximum absolute atomic E-state index is 13.2. The number of aliphatic hydroxyl groups is 1. The third-order valence-corrected chi connectivity index (χ3v) is 6.29. The zero-order chi connectivity index (χ0) is 25.3. The minimum Gasteiger partial charge on any atom is -0.461 e. The van der Waals surface area contributed by atoms with E-state index in [1.54, 1.807) is 13.8 Å². The van der Waals surface area contributed by atoms with Crippen LogP contribution in [0.5, 0.6) is 5.75 Å². The lowest BCUT2D eigenvalue weighted by Crippen LogP contribution is -2.36. The fraction of sp³-hybridized carbons (Fsp3) is 0.545. The summed E-state index contributed by atoms with van der Waals surface area (Å²) in [5, 5.41) is 15.0. The van der Waals surface area contributed by atoms with E-state index in [1.807, 2.05) is 0 Å². The molecule has 1 N–H and O–H groups in total. The lowest BCUT2D eigenvalue weighted by atomic mass is 9.75. The summed E-state index contributed by atoms with van der Waals surface area (Å²) in [6.07, 6.45) is -5.31. The number of aryl methyl sites for hydroxylation is 1. The molecule has 3 rings (SSSR count). The van der Waals surface area contributed by atoms with Crippen LogP contribution in [0.1, 0.15) is 55.6 Å². The van der Waals surface area contributed by atoms with Gasteiger partial charge in [-0.05, 0) is 57.2 Å². The van der Waals surface area contributed by atoms with Gasteiger partial charge in [-0.25, -0.2) is 4.79 Å². The zero-order valence-corrected chi connectivity index (χ0v) is 19.2. The van der Waals surface area contributed by atoms with E-state index < -0.39 is 30.3 Å². The van der Waals surface area contributed by atoms with Gasteiger partial charge < -0.3 is 14.6 Å². The van der Waals surface area contributed by atoms with Crippen LogP contribution in [0.25, 0.3) is 11.3 Å². The summed E-state index contributed by atoms with van der Waals surface area (Å²) < 4.78 is 76.5. The molecule has 6 nitrogen and oxygen atoms in total. The maximum atomic E-state index is 13.2. The highest BCUT2D eigenvalue weighted by Crippen LogP contribution is 2.47. The van der Waals surface area contributed by atoms with Gasteiger partial charge in [-0.3, -0.25) is 4.68 Å². The van der Waals surface area contributed by atoms with Crippen molar-refractivity contribution in [2.24, 2.45) is 5.92 Å². The Morgan fingerprint density at radius 1 is 1.29 bits per heavy atom. The molecule has 0 saturated heterocycles. The first-order chi connectivity index (χ1) is 15.9. The van der Waals surface area contributed by atoms with Crippen molar-refractivity contribution in [3.05, 3.63) is 34.5 Å². The Morgan fingerprint density at radius 3 is 2.47 bits per heavy atom. The topological polar surface area (TPSA) is 73.6 Å². The molecule has 34 heavy (non-hydrogen) atoms. The largest absolute Gasteiger partial charge is 0.461 e. The molecule has 0 bridgehead atoms. The summed E-state index contributed by atoms with van der Waals surface area (Å²) in [5.41, 5.74) is -1.48. The zero-order valence-electron chi connectivity index (χ0n) is 18.5. The van der Waals surface area contributed by atoms with Gasteiger partial charge in [0.2, 0.25) is 0 Å². The molecule has 0 aliphatic heterocycles. The van der Waals surface area contributed by atoms with E-state index >= 15 is 0 Å². The smallest absolute Gasteiger partial charge is 0.391 e. The maximum Gasteiger partial charge on any atom is 0.391 e. The van der Waals surface area contributed by atoms with E-state index in [-0.39, 0.29) is 72.1 Å². The number of carbonyl (C=O) groups is 1. The van der Waals surface area contributed by atoms with Crippen LogP contribution < -0.4 is 4.74 Å². The Balaban J connectivity index is 2.04. The molecular weight excluding hydrogens is 487 g/mol. The number of rotatable bonds is 7. The van der Waals surface area contributed by atoms with Gasteiger partial charge >= 0.3 is 18.8 Å². The molecule has 1 aromatic carbocycles. The molecule has 1 saturated carbocycles. The minimum atomic E-state index is -4.36. The third kappa shape index (κ3) is 5.30. The van der Waals surface area contributed by atoms with Crippen molar-refractivity contribution in [2.75, 3.05) is 6.61 Å². The van der Waals surface area contributed by atoms with Crippen LogP contribution in [-0.2, 0) is 16.9 Å². The van der Waals surface area contributed by atoms with E-state index in [0.717, 1.165) is 0 Å². The average molecular weight is 511 g/mol. The van der Waals surface area contributed by atoms with Crippen molar-refractivity contribution in [2.45, 2.75) is 64.5 Å². The number of aromatic nitrogens is 2. The summed E-state index contributed by atoms with van der Waals surface area (Å²) in [5.74, 6) is -2.67. The van der Waals surface area contributed by atoms with E-state index in [2.05, 4.69) is 9.84 Å². The number of carbonyl (C=O) groups excluding carboxylic acids is 1. The number of halogens is 6. The quantitative estimate of drug-likeness (QED) is 0.368. The summed E-state index contributed by atoms with van der Waals surface area (Å²) in [7, 11) is 0. The fourth-order valence-electron chi connectivity index (χ4n) is 4.17. The molecule has 0 atom stereocenters. The summed E-state index contributed by atoms with van der Waals surface area (Å²) in [4.78, 5) is 12.2. The molecule has 12 heteroatoms. The fourth-order valence-corrected chi connectivity index (χ4v) is 4.48. The van der Waals surface area contributed by atoms with Crippen LogP contribution in [0.2, 0.25) is 5.02 Å². The Kier molecular flexibility index (Phi) is 7.76. The first-order valence-corrected chi connectivity index (χ1v) is 11.1. The normalized spacial score (nSPS) is 21.1.